The number of rotatable bonds is 4. The van der Waals surface area contributed by atoms with E-state index in [9.17, 15) is 5.11 Å². The highest BCUT2D eigenvalue weighted by molar-refractivity contribution is 5.58. The molecule has 0 saturated carbocycles. The zero-order chi connectivity index (χ0) is 18.8. The summed E-state index contributed by atoms with van der Waals surface area (Å²) in [7, 11) is 0. The maximum Gasteiger partial charge on any atom is 0.142 e. The highest BCUT2D eigenvalue weighted by atomic mass is 16.3. The molecule has 1 aromatic rings. The molecule has 26 heavy (non-hydrogen) atoms. The Balaban J connectivity index is 1.72. The van der Waals surface area contributed by atoms with E-state index in [1.807, 2.05) is 6.07 Å². The van der Waals surface area contributed by atoms with Crippen LogP contribution in [0.5, 0.6) is 5.75 Å². The van der Waals surface area contributed by atoms with Crippen molar-refractivity contribution in [1.29, 1.82) is 0 Å². The van der Waals surface area contributed by atoms with E-state index in [1.54, 1.807) is 0 Å². The van der Waals surface area contributed by atoms with Gasteiger partial charge in [-0.05, 0) is 54.2 Å². The average Bonchev–Trinajstić information content (AvgIpc) is 2.50. The fourth-order valence-electron chi connectivity index (χ4n) is 5.34. The lowest BCUT2D eigenvalue weighted by Gasteiger charge is -2.36. The van der Waals surface area contributed by atoms with Gasteiger partial charge in [-0.2, -0.15) is 0 Å². The predicted molar refractivity (Wildman–Crippen MR) is 109 cm³/mol. The molecule has 0 aromatic heterocycles. The maximum absolute atomic E-state index is 10.5. The molecular weight excluding hydrogens is 322 g/mol. The molecule has 2 aliphatic rings. The molecule has 1 aromatic carbocycles. The minimum Gasteiger partial charge on any atom is -0.505 e. The van der Waals surface area contributed by atoms with E-state index in [2.05, 4.69) is 43.6 Å². The molecule has 4 unspecified atom stereocenters. The molecule has 2 aliphatic heterocycles. The van der Waals surface area contributed by atoms with Crippen LogP contribution in [-0.2, 0) is 13.1 Å². The summed E-state index contributed by atoms with van der Waals surface area (Å²) in [5.41, 5.74) is 8.89. The summed E-state index contributed by atoms with van der Waals surface area (Å²) in [6.45, 7) is 15.6. The number of piperidine rings is 2. The third-order valence-corrected chi connectivity index (χ3v) is 5.97. The molecule has 2 heterocycles. The third kappa shape index (κ3) is 4.92. The smallest absolute Gasteiger partial charge is 0.142 e. The lowest BCUT2D eigenvalue weighted by Crippen LogP contribution is -2.38. The van der Waals surface area contributed by atoms with Crippen molar-refractivity contribution in [2.45, 2.75) is 53.6 Å². The fraction of sp³-hybridized carbons (Fsp3) is 0.727. The highest BCUT2D eigenvalue weighted by Crippen LogP contribution is 2.31. The van der Waals surface area contributed by atoms with Gasteiger partial charge < -0.3 is 10.8 Å². The number of phenolic OH excluding ortho intramolecular Hbond substituents is 1. The van der Waals surface area contributed by atoms with Crippen molar-refractivity contribution in [2.75, 3.05) is 31.9 Å². The lowest BCUT2D eigenvalue weighted by atomic mass is 9.91. The van der Waals surface area contributed by atoms with E-state index < -0.39 is 0 Å². The molecular formula is C22H37N3O. The Morgan fingerprint density at radius 3 is 1.81 bits per heavy atom. The molecule has 0 radical (unpaired) electrons. The number of likely N-dealkylation sites (tertiary alicyclic amines) is 2. The van der Waals surface area contributed by atoms with E-state index in [-0.39, 0.29) is 5.75 Å². The molecule has 2 saturated heterocycles. The van der Waals surface area contributed by atoms with Crippen molar-refractivity contribution >= 4 is 5.69 Å². The first-order chi connectivity index (χ1) is 12.3. The molecule has 2 fully saturated rings. The number of nitrogens with zero attached hydrogens (tertiary/aromatic N) is 2. The van der Waals surface area contributed by atoms with Crippen molar-refractivity contribution < 1.29 is 5.11 Å². The molecule has 4 heteroatoms. The van der Waals surface area contributed by atoms with Crippen LogP contribution in [0.4, 0.5) is 5.69 Å². The van der Waals surface area contributed by atoms with Gasteiger partial charge in [0.05, 0.1) is 5.69 Å². The first kappa shape index (κ1) is 19.5. The molecule has 3 rings (SSSR count). The molecule has 0 spiro atoms. The van der Waals surface area contributed by atoms with Gasteiger partial charge in [0, 0.05) is 44.8 Å². The number of nitrogen functional groups attached to an aromatic ring is 1. The molecule has 0 amide bonds. The number of benzene rings is 1. The lowest BCUT2D eigenvalue weighted by molar-refractivity contribution is 0.131. The second kappa shape index (κ2) is 8.18. The van der Waals surface area contributed by atoms with Gasteiger partial charge in [-0.25, -0.2) is 0 Å². The number of phenols is 1. The van der Waals surface area contributed by atoms with Crippen LogP contribution in [0.25, 0.3) is 0 Å². The van der Waals surface area contributed by atoms with Gasteiger partial charge in [0.15, 0.2) is 0 Å². The van der Waals surface area contributed by atoms with Gasteiger partial charge in [-0.3, -0.25) is 9.80 Å². The van der Waals surface area contributed by atoms with E-state index in [1.165, 1.54) is 18.4 Å². The number of nitrogens with two attached hydrogens (primary N) is 1. The third-order valence-electron chi connectivity index (χ3n) is 5.97. The molecule has 0 bridgehead atoms. The molecule has 3 N–H and O–H groups in total. The van der Waals surface area contributed by atoms with Crippen LogP contribution in [0.2, 0.25) is 0 Å². The summed E-state index contributed by atoms with van der Waals surface area (Å²) < 4.78 is 0. The quantitative estimate of drug-likeness (QED) is 0.632. The van der Waals surface area contributed by atoms with Crippen LogP contribution in [0.15, 0.2) is 12.1 Å². The average molecular weight is 360 g/mol. The molecule has 4 atom stereocenters. The van der Waals surface area contributed by atoms with Crippen LogP contribution in [0, 0.1) is 23.7 Å². The number of hydrogen-bond donors (Lipinski definition) is 2. The largest absolute Gasteiger partial charge is 0.505 e. The normalized spacial score (nSPS) is 31.2. The van der Waals surface area contributed by atoms with E-state index in [0.717, 1.165) is 68.5 Å². The SMILES string of the molecule is CC1CC(C)CN(Cc2cc(N)c(O)c(CN3CC(C)CC(C)C3)c2)C1. The Morgan fingerprint density at radius 2 is 1.31 bits per heavy atom. The minimum atomic E-state index is 0.278. The fourth-order valence-corrected chi connectivity index (χ4v) is 5.34. The van der Waals surface area contributed by atoms with Gasteiger partial charge in [-0.15, -0.1) is 0 Å². The maximum atomic E-state index is 10.5. The van der Waals surface area contributed by atoms with Gasteiger partial charge >= 0.3 is 0 Å². The van der Waals surface area contributed by atoms with Crippen LogP contribution in [-0.4, -0.2) is 41.1 Å². The Morgan fingerprint density at radius 1 is 0.846 bits per heavy atom. The molecule has 146 valence electrons. The predicted octanol–water partition coefficient (Wildman–Crippen LogP) is 3.93. The van der Waals surface area contributed by atoms with Crippen molar-refractivity contribution in [2.24, 2.45) is 23.7 Å². The van der Waals surface area contributed by atoms with Crippen LogP contribution in [0.3, 0.4) is 0 Å². The van der Waals surface area contributed by atoms with Crippen molar-refractivity contribution in [1.82, 2.24) is 9.80 Å². The van der Waals surface area contributed by atoms with Crippen molar-refractivity contribution in [3.63, 3.8) is 0 Å². The zero-order valence-corrected chi connectivity index (χ0v) is 17.0. The Kier molecular flexibility index (Phi) is 6.13. The van der Waals surface area contributed by atoms with Gasteiger partial charge in [0.1, 0.15) is 5.75 Å². The first-order valence-corrected chi connectivity index (χ1v) is 10.3. The van der Waals surface area contributed by atoms with Gasteiger partial charge in [-0.1, -0.05) is 27.7 Å². The summed E-state index contributed by atoms with van der Waals surface area (Å²) in [5.74, 6) is 3.23. The highest BCUT2D eigenvalue weighted by Gasteiger charge is 2.24. The minimum absolute atomic E-state index is 0.278. The topological polar surface area (TPSA) is 52.7 Å². The van der Waals surface area contributed by atoms with Gasteiger partial charge in [0.2, 0.25) is 0 Å². The van der Waals surface area contributed by atoms with E-state index >= 15 is 0 Å². The molecule has 4 nitrogen and oxygen atoms in total. The summed E-state index contributed by atoms with van der Waals surface area (Å²) in [4.78, 5) is 5.02. The standard InChI is InChI=1S/C22H37N3O/c1-15-5-16(2)10-24(9-15)13-19-7-20(22(26)21(23)8-19)14-25-11-17(3)6-18(4)12-25/h7-8,15-18,26H,5-6,9-14,23H2,1-4H3. The second-order valence-corrected chi connectivity index (χ2v) is 9.47. The molecule has 0 aliphatic carbocycles. The summed E-state index contributed by atoms with van der Waals surface area (Å²) >= 11 is 0. The van der Waals surface area contributed by atoms with Crippen LogP contribution < -0.4 is 5.73 Å². The summed E-state index contributed by atoms with van der Waals surface area (Å²) in [6, 6.07) is 4.14. The summed E-state index contributed by atoms with van der Waals surface area (Å²) in [6.07, 6.45) is 2.63. The van der Waals surface area contributed by atoms with Crippen molar-refractivity contribution in [3.05, 3.63) is 23.3 Å². The Labute approximate surface area is 159 Å². The van der Waals surface area contributed by atoms with E-state index in [0.29, 0.717) is 5.69 Å². The number of aromatic hydroxyl groups is 1. The number of anilines is 1. The van der Waals surface area contributed by atoms with Crippen LogP contribution >= 0.6 is 0 Å². The van der Waals surface area contributed by atoms with Gasteiger partial charge in [0.25, 0.3) is 0 Å². The first-order valence-electron chi connectivity index (χ1n) is 10.3. The summed E-state index contributed by atoms with van der Waals surface area (Å²) in [5, 5.41) is 10.5. The van der Waals surface area contributed by atoms with Crippen molar-refractivity contribution in [3.8, 4) is 5.75 Å². The number of hydrogen-bond acceptors (Lipinski definition) is 4. The Bertz CT molecular complexity index is 598. The van der Waals surface area contributed by atoms with Crippen LogP contribution in [0.1, 0.15) is 51.7 Å². The zero-order valence-electron chi connectivity index (χ0n) is 17.0. The van der Waals surface area contributed by atoms with E-state index in [4.69, 9.17) is 5.73 Å². The Hall–Kier alpha value is -1.26. The second-order valence-electron chi connectivity index (χ2n) is 9.47. The monoisotopic (exact) mass is 359 g/mol.